The minimum absolute atomic E-state index is 0.0171. The van der Waals surface area contributed by atoms with Gasteiger partial charge in [0.15, 0.2) is 10.4 Å². The summed E-state index contributed by atoms with van der Waals surface area (Å²) in [6, 6.07) is 7.45. The van der Waals surface area contributed by atoms with E-state index in [0.717, 1.165) is 0 Å². The zero-order chi connectivity index (χ0) is 15.5. The fourth-order valence-electron chi connectivity index (χ4n) is 1.69. The molecule has 0 saturated carbocycles. The van der Waals surface area contributed by atoms with Gasteiger partial charge >= 0.3 is 0 Å². The van der Waals surface area contributed by atoms with Gasteiger partial charge in [0.2, 0.25) is 9.84 Å². The largest absolute Gasteiger partial charge is 0.497 e. The summed E-state index contributed by atoms with van der Waals surface area (Å²) < 4.78 is 30.0. The van der Waals surface area contributed by atoms with Gasteiger partial charge in [-0.15, -0.1) is 0 Å². The SMILES string of the molecule is COc1ccc(S(=O)(=O)[C@@H](C#N)c2nccnc2Cl)cc1. The molecule has 0 N–H and O–H groups in total. The summed E-state index contributed by atoms with van der Waals surface area (Å²) in [6.45, 7) is 0. The topological polar surface area (TPSA) is 92.9 Å². The molecule has 0 aliphatic rings. The van der Waals surface area contributed by atoms with E-state index in [2.05, 4.69) is 9.97 Å². The van der Waals surface area contributed by atoms with E-state index in [1.165, 1.54) is 43.8 Å². The predicted molar refractivity (Wildman–Crippen MR) is 75.6 cm³/mol. The summed E-state index contributed by atoms with van der Waals surface area (Å²) in [5, 5.41) is 7.59. The van der Waals surface area contributed by atoms with E-state index in [1.807, 2.05) is 0 Å². The Morgan fingerprint density at radius 3 is 2.38 bits per heavy atom. The van der Waals surface area contributed by atoms with Crippen LogP contribution in [0.15, 0.2) is 41.6 Å². The van der Waals surface area contributed by atoms with Crippen molar-refractivity contribution in [1.29, 1.82) is 5.26 Å². The van der Waals surface area contributed by atoms with Crippen molar-refractivity contribution in [1.82, 2.24) is 9.97 Å². The Balaban J connectivity index is 2.50. The van der Waals surface area contributed by atoms with Crippen LogP contribution in [0, 0.1) is 11.3 Å². The molecule has 1 heterocycles. The Morgan fingerprint density at radius 1 is 1.24 bits per heavy atom. The van der Waals surface area contributed by atoms with Gasteiger partial charge < -0.3 is 4.74 Å². The van der Waals surface area contributed by atoms with Crippen LogP contribution in [0.25, 0.3) is 0 Å². The summed E-state index contributed by atoms with van der Waals surface area (Å²) in [6.07, 6.45) is 2.61. The number of ether oxygens (including phenoxy) is 1. The zero-order valence-electron chi connectivity index (χ0n) is 10.9. The number of sulfone groups is 1. The summed E-state index contributed by atoms with van der Waals surface area (Å²) in [7, 11) is -2.48. The van der Waals surface area contributed by atoms with Crippen LogP contribution in [0.2, 0.25) is 5.15 Å². The van der Waals surface area contributed by atoms with Gasteiger partial charge in [-0.1, -0.05) is 11.6 Å². The lowest BCUT2D eigenvalue weighted by molar-refractivity contribution is 0.414. The molecule has 1 aromatic carbocycles. The van der Waals surface area contributed by atoms with Crippen molar-refractivity contribution in [3.63, 3.8) is 0 Å². The van der Waals surface area contributed by atoms with Crippen molar-refractivity contribution in [3.05, 3.63) is 47.5 Å². The molecule has 1 atom stereocenters. The van der Waals surface area contributed by atoms with Gasteiger partial charge in [-0.05, 0) is 24.3 Å². The van der Waals surface area contributed by atoms with Crippen molar-refractivity contribution >= 4 is 21.4 Å². The predicted octanol–water partition coefficient (Wildman–Crippen LogP) is 2.18. The number of rotatable bonds is 4. The maximum atomic E-state index is 12.5. The quantitative estimate of drug-likeness (QED) is 0.856. The number of aromatic nitrogens is 2. The smallest absolute Gasteiger partial charge is 0.200 e. The van der Waals surface area contributed by atoms with E-state index >= 15 is 0 Å². The van der Waals surface area contributed by atoms with Gasteiger partial charge in [0, 0.05) is 12.4 Å². The first-order chi connectivity index (χ1) is 10.0. The van der Waals surface area contributed by atoms with E-state index in [9.17, 15) is 13.7 Å². The molecule has 6 nitrogen and oxygen atoms in total. The fraction of sp³-hybridized carbons (Fsp3) is 0.154. The molecule has 21 heavy (non-hydrogen) atoms. The maximum absolute atomic E-state index is 12.5. The van der Waals surface area contributed by atoms with Gasteiger partial charge in [-0.2, -0.15) is 5.26 Å². The van der Waals surface area contributed by atoms with E-state index in [0.29, 0.717) is 5.75 Å². The Morgan fingerprint density at radius 2 is 1.86 bits per heavy atom. The highest BCUT2D eigenvalue weighted by atomic mass is 35.5. The minimum Gasteiger partial charge on any atom is -0.497 e. The molecular formula is C13H10ClN3O3S. The fourth-order valence-corrected chi connectivity index (χ4v) is 3.36. The first-order valence-corrected chi connectivity index (χ1v) is 7.67. The first-order valence-electron chi connectivity index (χ1n) is 5.74. The van der Waals surface area contributed by atoms with Crippen molar-refractivity contribution in [2.24, 2.45) is 0 Å². The highest BCUT2D eigenvalue weighted by Gasteiger charge is 2.32. The monoisotopic (exact) mass is 323 g/mol. The van der Waals surface area contributed by atoms with E-state index < -0.39 is 15.1 Å². The van der Waals surface area contributed by atoms with Gasteiger partial charge in [0.25, 0.3) is 0 Å². The number of halogens is 1. The molecule has 0 amide bonds. The third-order valence-electron chi connectivity index (χ3n) is 2.74. The van der Waals surface area contributed by atoms with Crippen LogP contribution >= 0.6 is 11.6 Å². The molecule has 2 rings (SSSR count). The van der Waals surface area contributed by atoms with Crippen molar-refractivity contribution in [2.45, 2.75) is 10.1 Å². The number of hydrogen-bond donors (Lipinski definition) is 0. The van der Waals surface area contributed by atoms with E-state index in [-0.39, 0.29) is 15.7 Å². The third kappa shape index (κ3) is 2.96. The second-order valence-electron chi connectivity index (χ2n) is 3.96. The molecule has 0 unspecified atom stereocenters. The summed E-state index contributed by atoms with van der Waals surface area (Å²) in [4.78, 5) is 7.59. The normalized spacial score (nSPS) is 12.4. The van der Waals surface area contributed by atoms with Crippen LogP contribution in [0.5, 0.6) is 5.75 Å². The van der Waals surface area contributed by atoms with Crippen molar-refractivity contribution in [2.75, 3.05) is 7.11 Å². The summed E-state index contributed by atoms with van der Waals surface area (Å²) >= 11 is 5.83. The highest BCUT2D eigenvalue weighted by Crippen LogP contribution is 2.30. The Labute approximate surface area is 126 Å². The van der Waals surface area contributed by atoms with Gasteiger partial charge in [0.05, 0.1) is 18.1 Å². The lowest BCUT2D eigenvalue weighted by Crippen LogP contribution is -2.14. The molecule has 0 aliphatic heterocycles. The van der Waals surface area contributed by atoms with Gasteiger partial charge in [-0.25, -0.2) is 13.4 Å². The van der Waals surface area contributed by atoms with Crippen LogP contribution in [-0.4, -0.2) is 25.5 Å². The summed E-state index contributed by atoms with van der Waals surface area (Å²) in [5.74, 6) is 0.514. The van der Waals surface area contributed by atoms with E-state index in [1.54, 1.807) is 6.07 Å². The Hall–Kier alpha value is -2.17. The molecule has 0 radical (unpaired) electrons. The molecule has 0 spiro atoms. The van der Waals surface area contributed by atoms with Crippen molar-refractivity contribution in [3.8, 4) is 11.8 Å². The Kier molecular flexibility index (Phi) is 4.40. The lowest BCUT2D eigenvalue weighted by atomic mass is 10.3. The second-order valence-corrected chi connectivity index (χ2v) is 6.35. The minimum atomic E-state index is -3.96. The number of methoxy groups -OCH3 is 1. The molecule has 108 valence electrons. The Bertz CT molecular complexity index is 785. The number of hydrogen-bond acceptors (Lipinski definition) is 6. The number of benzene rings is 1. The molecule has 0 aliphatic carbocycles. The van der Waals surface area contributed by atoms with Crippen LogP contribution in [0.4, 0.5) is 0 Å². The molecule has 2 aromatic rings. The second kappa shape index (κ2) is 6.08. The van der Waals surface area contributed by atoms with Crippen LogP contribution in [0.3, 0.4) is 0 Å². The molecule has 0 saturated heterocycles. The third-order valence-corrected chi connectivity index (χ3v) is 4.91. The first kappa shape index (κ1) is 15.2. The zero-order valence-corrected chi connectivity index (χ0v) is 12.5. The lowest BCUT2D eigenvalue weighted by Gasteiger charge is -2.11. The van der Waals surface area contributed by atoms with E-state index in [4.69, 9.17) is 16.3 Å². The standard InChI is InChI=1S/C13H10ClN3O3S/c1-20-9-2-4-10(5-3-9)21(18,19)11(8-15)12-13(14)17-7-6-16-12/h2-7,11H,1H3/t11-/m0/s1. The number of nitriles is 1. The van der Waals surface area contributed by atoms with Gasteiger partial charge in [0.1, 0.15) is 11.4 Å². The molecule has 0 fully saturated rings. The molecule has 8 heteroatoms. The highest BCUT2D eigenvalue weighted by molar-refractivity contribution is 7.92. The van der Waals surface area contributed by atoms with Crippen LogP contribution in [0.1, 0.15) is 10.9 Å². The molecular weight excluding hydrogens is 314 g/mol. The summed E-state index contributed by atoms with van der Waals surface area (Å²) in [5.41, 5.74) is -0.0857. The van der Waals surface area contributed by atoms with Crippen molar-refractivity contribution < 1.29 is 13.2 Å². The van der Waals surface area contributed by atoms with Crippen LogP contribution in [-0.2, 0) is 9.84 Å². The molecule has 0 bridgehead atoms. The van der Waals surface area contributed by atoms with Crippen LogP contribution < -0.4 is 4.74 Å². The average Bonchev–Trinajstić information content (AvgIpc) is 2.50. The average molecular weight is 324 g/mol. The van der Waals surface area contributed by atoms with Gasteiger partial charge in [-0.3, -0.25) is 4.98 Å². The molecule has 1 aromatic heterocycles. The maximum Gasteiger partial charge on any atom is 0.200 e. The number of nitrogens with zero attached hydrogens (tertiary/aromatic N) is 3.